The SMILES string of the molecule is CN1CCc2cc(CNc3ccc(C#N)c(Cl)c3)ccc21. The molecule has 1 N–H and O–H groups in total. The number of benzene rings is 2. The highest BCUT2D eigenvalue weighted by atomic mass is 35.5. The summed E-state index contributed by atoms with van der Waals surface area (Å²) < 4.78 is 0. The molecule has 0 aromatic heterocycles. The van der Waals surface area contributed by atoms with Crippen LogP contribution in [-0.4, -0.2) is 13.6 Å². The quantitative estimate of drug-likeness (QED) is 0.936. The van der Waals surface area contributed by atoms with E-state index >= 15 is 0 Å². The third kappa shape index (κ3) is 2.81. The highest BCUT2D eigenvalue weighted by molar-refractivity contribution is 6.32. The number of hydrogen-bond donors (Lipinski definition) is 1. The number of nitrogens with one attached hydrogen (secondary N) is 1. The lowest BCUT2D eigenvalue weighted by atomic mass is 10.1. The van der Waals surface area contributed by atoms with E-state index in [-0.39, 0.29) is 0 Å². The van der Waals surface area contributed by atoms with Crippen LogP contribution in [0.15, 0.2) is 36.4 Å². The van der Waals surface area contributed by atoms with Crippen LogP contribution < -0.4 is 10.2 Å². The molecular formula is C17H16ClN3. The van der Waals surface area contributed by atoms with Crippen molar-refractivity contribution in [2.45, 2.75) is 13.0 Å². The van der Waals surface area contributed by atoms with Crippen molar-refractivity contribution in [2.75, 3.05) is 23.8 Å². The first-order valence-corrected chi connectivity index (χ1v) is 7.31. The van der Waals surface area contributed by atoms with E-state index in [2.05, 4.69) is 41.5 Å². The molecule has 3 nitrogen and oxygen atoms in total. The van der Waals surface area contributed by atoms with Crippen LogP contribution in [0.1, 0.15) is 16.7 Å². The van der Waals surface area contributed by atoms with Crippen LogP contribution in [0.25, 0.3) is 0 Å². The Morgan fingerprint density at radius 1 is 1.29 bits per heavy atom. The highest BCUT2D eigenvalue weighted by Gasteiger charge is 2.15. The van der Waals surface area contributed by atoms with Gasteiger partial charge in [0, 0.05) is 31.5 Å². The summed E-state index contributed by atoms with van der Waals surface area (Å²) in [6.07, 6.45) is 1.11. The zero-order valence-electron chi connectivity index (χ0n) is 11.9. The topological polar surface area (TPSA) is 39.1 Å². The molecule has 0 amide bonds. The van der Waals surface area contributed by atoms with Crippen molar-refractivity contribution in [1.29, 1.82) is 5.26 Å². The fourth-order valence-corrected chi connectivity index (χ4v) is 2.87. The summed E-state index contributed by atoms with van der Waals surface area (Å²) in [7, 11) is 2.13. The Kier molecular flexibility index (Phi) is 3.72. The Bertz CT molecular complexity index is 718. The molecule has 0 saturated carbocycles. The maximum absolute atomic E-state index is 8.87. The number of halogens is 1. The van der Waals surface area contributed by atoms with E-state index < -0.39 is 0 Å². The fraction of sp³-hybridized carbons (Fsp3) is 0.235. The van der Waals surface area contributed by atoms with E-state index in [0.29, 0.717) is 10.6 Å². The molecule has 106 valence electrons. The average Bonchev–Trinajstić information content (AvgIpc) is 2.86. The Morgan fingerprint density at radius 2 is 2.14 bits per heavy atom. The van der Waals surface area contributed by atoms with Crippen LogP contribution in [0.2, 0.25) is 5.02 Å². The molecule has 0 atom stereocenters. The van der Waals surface area contributed by atoms with Crippen molar-refractivity contribution < 1.29 is 0 Å². The first-order chi connectivity index (χ1) is 10.2. The van der Waals surface area contributed by atoms with Gasteiger partial charge in [0.2, 0.25) is 0 Å². The maximum Gasteiger partial charge on any atom is 0.101 e. The minimum absolute atomic E-state index is 0.484. The van der Waals surface area contributed by atoms with E-state index in [1.807, 2.05) is 6.07 Å². The minimum Gasteiger partial charge on any atom is -0.381 e. The Balaban J connectivity index is 1.71. The number of nitrogens with zero attached hydrogens (tertiary/aromatic N) is 2. The number of hydrogen-bond acceptors (Lipinski definition) is 3. The molecule has 1 aliphatic rings. The summed E-state index contributed by atoms with van der Waals surface area (Å²) in [5, 5.41) is 12.7. The molecular weight excluding hydrogens is 282 g/mol. The predicted octanol–water partition coefficient (Wildman–Crippen LogP) is 3.82. The van der Waals surface area contributed by atoms with Gasteiger partial charge in [0.15, 0.2) is 0 Å². The summed E-state index contributed by atoms with van der Waals surface area (Å²) in [5.41, 5.74) is 5.43. The van der Waals surface area contributed by atoms with Crippen LogP contribution in [0.5, 0.6) is 0 Å². The second kappa shape index (κ2) is 5.67. The molecule has 2 aromatic rings. The van der Waals surface area contributed by atoms with Crippen LogP contribution in [-0.2, 0) is 13.0 Å². The highest BCUT2D eigenvalue weighted by Crippen LogP contribution is 2.28. The van der Waals surface area contributed by atoms with Crippen LogP contribution >= 0.6 is 11.6 Å². The van der Waals surface area contributed by atoms with E-state index in [1.165, 1.54) is 16.8 Å². The number of nitriles is 1. The van der Waals surface area contributed by atoms with Gasteiger partial charge >= 0.3 is 0 Å². The molecule has 0 saturated heterocycles. The molecule has 0 unspecified atom stereocenters. The number of fused-ring (bicyclic) bond motifs is 1. The molecule has 0 bridgehead atoms. The van der Waals surface area contributed by atoms with Crippen molar-refractivity contribution in [2.24, 2.45) is 0 Å². The first-order valence-electron chi connectivity index (χ1n) is 6.94. The Hall–Kier alpha value is -2.18. The Morgan fingerprint density at radius 3 is 2.90 bits per heavy atom. The van der Waals surface area contributed by atoms with Crippen LogP contribution in [0.3, 0.4) is 0 Å². The molecule has 0 aliphatic carbocycles. The van der Waals surface area contributed by atoms with Crippen LogP contribution in [0.4, 0.5) is 11.4 Å². The molecule has 21 heavy (non-hydrogen) atoms. The van der Waals surface area contributed by atoms with Gasteiger partial charge in [0.05, 0.1) is 10.6 Å². The molecule has 0 radical (unpaired) electrons. The maximum atomic E-state index is 8.87. The summed E-state index contributed by atoms with van der Waals surface area (Å²) >= 11 is 6.04. The van der Waals surface area contributed by atoms with Gasteiger partial charge in [-0.2, -0.15) is 5.26 Å². The van der Waals surface area contributed by atoms with Gasteiger partial charge in [-0.25, -0.2) is 0 Å². The molecule has 0 spiro atoms. The van der Waals surface area contributed by atoms with Gasteiger partial charge < -0.3 is 10.2 Å². The van der Waals surface area contributed by atoms with Gasteiger partial charge in [0.1, 0.15) is 6.07 Å². The molecule has 3 rings (SSSR count). The normalized spacial score (nSPS) is 12.9. The van der Waals surface area contributed by atoms with E-state index in [1.54, 1.807) is 12.1 Å². The van der Waals surface area contributed by atoms with Gasteiger partial charge in [-0.05, 0) is 41.8 Å². The Labute approximate surface area is 129 Å². The summed E-state index contributed by atoms with van der Waals surface area (Å²) in [4.78, 5) is 2.28. The smallest absolute Gasteiger partial charge is 0.101 e. The summed E-state index contributed by atoms with van der Waals surface area (Å²) in [6.45, 7) is 1.84. The van der Waals surface area contributed by atoms with Crippen molar-refractivity contribution >= 4 is 23.0 Å². The van der Waals surface area contributed by atoms with Crippen molar-refractivity contribution in [1.82, 2.24) is 0 Å². The molecule has 0 fully saturated rings. The van der Waals surface area contributed by atoms with E-state index in [0.717, 1.165) is 25.2 Å². The number of rotatable bonds is 3. The lowest BCUT2D eigenvalue weighted by Crippen LogP contribution is -2.12. The van der Waals surface area contributed by atoms with Crippen LogP contribution in [0, 0.1) is 11.3 Å². The van der Waals surface area contributed by atoms with Crippen molar-refractivity contribution in [3.63, 3.8) is 0 Å². The molecule has 1 aliphatic heterocycles. The molecule has 2 aromatic carbocycles. The second-order valence-corrected chi connectivity index (χ2v) is 5.70. The third-order valence-electron chi connectivity index (χ3n) is 3.86. The lowest BCUT2D eigenvalue weighted by molar-refractivity contribution is 0.955. The monoisotopic (exact) mass is 297 g/mol. The lowest BCUT2D eigenvalue weighted by Gasteiger charge is -2.13. The van der Waals surface area contributed by atoms with E-state index in [4.69, 9.17) is 16.9 Å². The molecule has 1 heterocycles. The van der Waals surface area contributed by atoms with Crippen molar-refractivity contribution in [3.05, 3.63) is 58.1 Å². The van der Waals surface area contributed by atoms with Gasteiger partial charge in [-0.3, -0.25) is 0 Å². The van der Waals surface area contributed by atoms with Gasteiger partial charge in [0.25, 0.3) is 0 Å². The standard InChI is InChI=1S/C17H16ClN3/c1-21-7-6-13-8-12(2-5-17(13)21)11-20-15-4-3-14(10-19)16(18)9-15/h2-5,8-9,20H,6-7,11H2,1H3. The summed E-state index contributed by atoms with van der Waals surface area (Å²) in [6, 6.07) is 14.1. The number of anilines is 2. The predicted molar refractivity (Wildman–Crippen MR) is 86.9 cm³/mol. The largest absolute Gasteiger partial charge is 0.381 e. The summed E-state index contributed by atoms with van der Waals surface area (Å²) in [5.74, 6) is 0. The molecule has 4 heteroatoms. The fourth-order valence-electron chi connectivity index (χ4n) is 2.65. The van der Waals surface area contributed by atoms with Gasteiger partial charge in [-0.15, -0.1) is 0 Å². The zero-order valence-corrected chi connectivity index (χ0v) is 12.6. The third-order valence-corrected chi connectivity index (χ3v) is 4.17. The van der Waals surface area contributed by atoms with Crippen molar-refractivity contribution in [3.8, 4) is 6.07 Å². The zero-order chi connectivity index (χ0) is 14.8. The minimum atomic E-state index is 0.484. The number of likely N-dealkylation sites (N-methyl/N-ethyl adjacent to an activating group) is 1. The van der Waals surface area contributed by atoms with Gasteiger partial charge in [-0.1, -0.05) is 23.7 Å². The average molecular weight is 298 g/mol. The van der Waals surface area contributed by atoms with E-state index in [9.17, 15) is 0 Å². The first kappa shape index (κ1) is 13.8. The second-order valence-electron chi connectivity index (χ2n) is 5.29.